The quantitative estimate of drug-likeness (QED) is 0.647. The Morgan fingerprint density at radius 2 is 1.55 bits per heavy atom. The van der Waals surface area contributed by atoms with Crippen LogP contribution in [0.1, 0.15) is 38.2 Å². The van der Waals surface area contributed by atoms with E-state index in [9.17, 15) is 4.79 Å². The number of benzene rings is 2. The summed E-state index contributed by atoms with van der Waals surface area (Å²) in [5, 5.41) is 0.607. The Hall–Kier alpha value is -1.12. The van der Waals surface area contributed by atoms with E-state index in [0.717, 1.165) is 32.3 Å². The van der Waals surface area contributed by atoms with Crippen molar-refractivity contribution in [3.63, 3.8) is 0 Å². The third kappa shape index (κ3) is 2.68. The van der Waals surface area contributed by atoms with E-state index in [0.29, 0.717) is 10.6 Å². The second kappa shape index (κ2) is 5.71. The Morgan fingerprint density at radius 3 is 2.05 bits per heavy atom. The highest BCUT2D eigenvalue weighted by Crippen LogP contribution is 2.28. The molecule has 0 saturated heterocycles. The summed E-state index contributed by atoms with van der Waals surface area (Å²) in [7, 11) is 0. The Kier molecular flexibility index (Phi) is 4.36. The van der Waals surface area contributed by atoms with Crippen molar-refractivity contribution in [2.24, 2.45) is 0 Å². The van der Waals surface area contributed by atoms with Crippen molar-refractivity contribution in [2.45, 2.75) is 27.7 Å². The maximum atomic E-state index is 12.8. The average Bonchev–Trinajstić information content (AvgIpc) is 2.40. The molecule has 0 N–H and O–H groups in total. The van der Waals surface area contributed by atoms with E-state index in [2.05, 4.69) is 22.0 Å². The lowest BCUT2D eigenvalue weighted by atomic mass is 9.89. The van der Waals surface area contributed by atoms with Crippen LogP contribution in [0.2, 0.25) is 5.02 Å². The molecule has 20 heavy (non-hydrogen) atoms. The normalized spacial score (nSPS) is 10.7. The molecule has 0 aliphatic heterocycles. The number of ketones is 1. The molecule has 104 valence electrons. The standard InChI is InChI=1S/C17H16BrClO/c1-9-7-10(2)12(4)16(11(9)3)17(20)13-5-6-15(19)14(18)8-13/h5-8H,1-4H3. The van der Waals surface area contributed by atoms with E-state index in [1.165, 1.54) is 0 Å². The van der Waals surface area contributed by atoms with Gasteiger partial charge in [-0.1, -0.05) is 17.7 Å². The van der Waals surface area contributed by atoms with Crippen LogP contribution in [-0.4, -0.2) is 5.78 Å². The minimum absolute atomic E-state index is 0.0455. The van der Waals surface area contributed by atoms with Crippen LogP contribution >= 0.6 is 27.5 Å². The molecule has 0 unspecified atom stereocenters. The zero-order valence-corrected chi connectivity index (χ0v) is 14.3. The molecule has 1 nitrogen and oxygen atoms in total. The van der Waals surface area contributed by atoms with Gasteiger partial charge in [0.25, 0.3) is 0 Å². The molecule has 0 aliphatic rings. The van der Waals surface area contributed by atoms with E-state index in [4.69, 9.17) is 11.6 Å². The monoisotopic (exact) mass is 350 g/mol. The third-order valence-electron chi connectivity index (χ3n) is 3.77. The zero-order valence-electron chi connectivity index (χ0n) is 12.0. The highest BCUT2D eigenvalue weighted by Gasteiger charge is 2.18. The van der Waals surface area contributed by atoms with Gasteiger partial charge in [-0.05, 0) is 84.1 Å². The zero-order chi connectivity index (χ0) is 15.0. The van der Waals surface area contributed by atoms with Crippen LogP contribution in [0.15, 0.2) is 28.7 Å². The van der Waals surface area contributed by atoms with Crippen LogP contribution in [0.5, 0.6) is 0 Å². The molecule has 0 spiro atoms. The van der Waals surface area contributed by atoms with Crippen LogP contribution < -0.4 is 0 Å². The number of rotatable bonds is 2. The van der Waals surface area contributed by atoms with Crippen LogP contribution in [0.4, 0.5) is 0 Å². The molecule has 0 fully saturated rings. The van der Waals surface area contributed by atoms with Gasteiger partial charge in [0.1, 0.15) is 0 Å². The van der Waals surface area contributed by atoms with Gasteiger partial charge >= 0.3 is 0 Å². The van der Waals surface area contributed by atoms with Crippen molar-refractivity contribution in [2.75, 3.05) is 0 Å². The highest BCUT2D eigenvalue weighted by molar-refractivity contribution is 9.10. The molecule has 2 aromatic carbocycles. The summed E-state index contributed by atoms with van der Waals surface area (Å²) < 4.78 is 0.740. The first kappa shape index (κ1) is 15.3. The minimum Gasteiger partial charge on any atom is -0.289 e. The summed E-state index contributed by atoms with van der Waals surface area (Å²) >= 11 is 9.35. The first-order valence-electron chi connectivity index (χ1n) is 6.40. The molecular formula is C17H16BrClO. The van der Waals surface area contributed by atoms with E-state index in [1.54, 1.807) is 18.2 Å². The maximum Gasteiger partial charge on any atom is 0.193 e. The molecule has 0 radical (unpaired) electrons. The van der Waals surface area contributed by atoms with Crippen molar-refractivity contribution in [1.29, 1.82) is 0 Å². The van der Waals surface area contributed by atoms with E-state index in [1.807, 2.05) is 27.7 Å². The first-order chi connectivity index (χ1) is 9.32. The molecule has 3 heteroatoms. The van der Waals surface area contributed by atoms with Gasteiger partial charge in [-0.3, -0.25) is 4.79 Å². The number of hydrogen-bond acceptors (Lipinski definition) is 1. The van der Waals surface area contributed by atoms with Crippen LogP contribution in [0.25, 0.3) is 0 Å². The van der Waals surface area contributed by atoms with Crippen LogP contribution in [0.3, 0.4) is 0 Å². The topological polar surface area (TPSA) is 17.1 Å². The van der Waals surface area contributed by atoms with E-state index >= 15 is 0 Å². The first-order valence-corrected chi connectivity index (χ1v) is 7.57. The Labute approximate surface area is 133 Å². The largest absolute Gasteiger partial charge is 0.289 e. The van der Waals surface area contributed by atoms with Gasteiger partial charge in [-0.25, -0.2) is 0 Å². The Morgan fingerprint density at radius 1 is 1.00 bits per heavy atom. The molecule has 0 aliphatic carbocycles. The lowest BCUT2D eigenvalue weighted by Crippen LogP contribution is -2.09. The minimum atomic E-state index is 0.0455. The second-order valence-corrected chi connectivity index (χ2v) is 6.35. The fourth-order valence-corrected chi connectivity index (χ4v) is 2.84. The highest BCUT2D eigenvalue weighted by atomic mass is 79.9. The maximum absolute atomic E-state index is 12.8. The molecule has 0 heterocycles. The Bertz CT molecular complexity index is 678. The van der Waals surface area contributed by atoms with Crippen molar-refractivity contribution in [3.05, 3.63) is 67.1 Å². The fourth-order valence-electron chi connectivity index (χ4n) is 2.34. The fraction of sp³-hybridized carbons (Fsp3) is 0.235. The predicted octanol–water partition coefficient (Wildman–Crippen LogP) is 5.57. The molecule has 0 amide bonds. The van der Waals surface area contributed by atoms with Gasteiger partial charge in [-0.2, -0.15) is 0 Å². The molecule has 2 rings (SSSR count). The van der Waals surface area contributed by atoms with Crippen molar-refractivity contribution in [3.8, 4) is 0 Å². The summed E-state index contributed by atoms with van der Waals surface area (Å²) in [5.41, 5.74) is 5.83. The van der Waals surface area contributed by atoms with Crippen molar-refractivity contribution in [1.82, 2.24) is 0 Å². The van der Waals surface area contributed by atoms with E-state index in [-0.39, 0.29) is 5.78 Å². The third-order valence-corrected chi connectivity index (χ3v) is 4.99. The van der Waals surface area contributed by atoms with Gasteiger partial charge in [0.15, 0.2) is 5.78 Å². The predicted molar refractivity (Wildman–Crippen MR) is 88.0 cm³/mol. The molecule has 0 bridgehead atoms. The molecule has 0 atom stereocenters. The second-order valence-electron chi connectivity index (χ2n) is 5.09. The number of carbonyl (C=O) groups is 1. The molecule has 2 aromatic rings. The number of aryl methyl sites for hydroxylation is 2. The number of halogens is 2. The lowest BCUT2D eigenvalue weighted by Gasteiger charge is -2.14. The summed E-state index contributed by atoms with van der Waals surface area (Å²) in [5.74, 6) is 0.0455. The van der Waals surface area contributed by atoms with Gasteiger partial charge in [-0.15, -0.1) is 0 Å². The van der Waals surface area contributed by atoms with Gasteiger partial charge < -0.3 is 0 Å². The molecular weight excluding hydrogens is 336 g/mol. The van der Waals surface area contributed by atoms with Crippen LogP contribution in [0, 0.1) is 27.7 Å². The number of carbonyl (C=O) groups excluding carboxylic acids is 1. The summed E-state index contributed by atoms with van der Waals surface area (Å²) in [6.45, 7) is 8.08. The number of hydrogen-bond donors (Lipinski definition) is 0. The SMILES string of the molecule is Cc1cc(C)c(C)c(C(=O)c2ccc(Cl)c(Br)c2)c1C. The molecule has 0 aromatic heterocycles. The van der Waals surface area contributed by atoms with Gasteiger partial charge in [0.05, 0.1) is 5.02 Å². The average molecular weight is 352 g/mol. The van der Waals surface area contributed by atoms with E-state index < -0.39 is 0 Å². The van der Waals surface area contributed by atoms with Gasteiger partial charge in [0, 0.05) is 15.6 Å². The van der Waals surface area contributed by atoms with Crippen LogP contribution in [-0.2, 0) is 0 Å². The Balaban J connectivity index is 2.62. The lowest BCUT2D eigenvalue weighted by molar-refractivity contribution is 0.103. The summed E-state index contributed by atoms with van der Waals surface area (Å²) in [6, 6.07) is 7.42. The summed E-state index contributed by atoms with van der Waals surface area (Å²) in [6.07, 6.45) is 0. The summed E-state index contributed by atoms with van der Waals surface area (Å²) in [4.78, 5) is 12.8. The molecule has 0 saturated carbocycles. The van der Waals surface area contributed by atoms with Crippen molar-refractivity contribution < 1.29 is 4.79 Å². The van der Waals surface area contributed by atoms with Gasteiger partial charge in [0.2, 0.25) is 0 Å². The van der Waals surface area contributed by atoms with Crippen molar-refractivity contribution >= 4 is 33.3 Å². The smallest absolute Gasteiger partial charge is 0.193 e.